The maximum absolute atomic E-state index is 14.2. The molecule has 9 heteroatoms. The van der Waals surface area contributed by atoms with Gasteiger partial charge in [0.2, 0.25) is 0 Å². The average molecular weight is 571 g/mol. The van der Waals surface area contributed by atoms with Crippen molar-refractivity contribution in [1.29, 1.82) is 0 Å². The number of phenolic OH excluding ortho intramolecular Hbond substituents is 1. The van der Waals surface area contributed by atoms with Crippen molar-refractivity contribution in [3.8, 4) is 17.1 Å². The van der Waals surface area contributed by atoms with E-state index in [9.17, 15) is 14.7 Å². The van der Waals surface area contributed by atoms with Gasteiger partial charge in [0.05, 0.1) is 38.5 Å². The maximum Gasteiger partial charge on any atom is 0.275 e. The third kappa shape index (κ3) is 4.06. The van der Waals surface area contributed by atoms with E-state index in [1.54, 1.807) is 68.4 Å². The van der Waals surface area contributed by atoms with Gasteiger partial charge in [-0.1, -0.05) is 77.8 Å². The van der Waals surface area contributed by atoms with Gasteiger partial charge in [-0.25, -0.2) is 9.36 Å². The summed E-state index contributed by atoms with van der Waals surface area (Å²) in [6, 6.07) is 25.0. The molecule has 0 saturated carbocycles. The van der Waals surface area contributed by atoms with Crippen molar-refractivity contribution in [1.82, 2.24) is 19.6 Å². The SMILES string of the molecule is Cc1[nH]n(-c2ccccc2Cl)c(=O)c1C(c1c(C)[nH]n(-c2ccccc2Cl)c1=O)c1c(O)ccc2ccccc12. The van der Waals surface area contributed by atoms with Gasteiger partial charge in [0, 0.05) is 17.0 Å². The summed E-state index contributed by atoms with van der Waals surface area (Å²) in [7, 11) is 0. The number of H-pyrrole nitrogens is 2. The van der Waals surface area contributed by atoms with Crippen LogP contribution in [0.5, 0.6) is 5.75 Å². The normalized spacial score (nSPS) is 11.5. The Balaban J connectivity index is 1.71. The topological polar surface area (TPSA) is 95.8 Å². The summed E-state index contributed by atoms with van der Waals surface area (Å²) in [4.78, 5) is 28.4. The maximum atomic E-state index is 14.2. The molecular formula is C31H24Cl2N4O3. The van der Waals surface area contributed by atoms with Crippen LogP contribution in [0.15, 0.2) is 94.5 Å². The summed E-state index contributed by atoms with van der Waals surface area (Å²) in [5, 5.41) is 20.0. The largest absolute Gasteiger partial charge is 0.508 e. The van der Waals surface area contributed by atoms with Crippen LogP contribution in [0.3, 0.4) is 0 Å². The molecule has 6 aromatic rings. The lowest BCUT2D eigenvalue weighted by atomic mass is 9.82. The van der Waals surface area contributed by atoms with E-state index in [0.29, 0.717) is 49.5 Å². The van der Waals surface area contributed by atoms with Crippen LogP contribution >= 0.6 is 23.2 Å². The number of halogens is 2. The van der Waals surface area contributed by atoms with Gasteiger partial charge in [0.1, 0.15) is 5.75 Å². The van der Waals surface area contributed by atoms with Gasteiger partial charge in [-0.3, -0.25) is 19.8 Å². The highest BCUT2D eigenvalue weighted by Gasteiger charge is 2.34. The minimum atomic E-state index is -0.925. The summed E-state index contributed by atoms with van der Waals surface area (Å²) in [6.45, 7) is 3.54. The highest BCUT2D eigenvalue weighted by molar-refractivity contribution is 6.32. The molecule has 0 fully saturated rings. The van der Waals surface area contributed by atoms with E-state index in [4.69, 9.17) is 23.2 Å². The van der Waals surface area contributed by atoms with E-state index < -0.39 is 5.92 Å². The Morgan fingerprint density at radius 3 is 1.65 bits per heavy atom. The first kappa shape index (κ1) is 25.8. The zero-order valence-corrected chi connectivity index (χ0v) is 23.1. The summed E-state index contributed by atoms with van der Waals surface area (Å²) in [5.74, 6) is -0.955. The van der Waals surface area contributed by atoms with Crippen LogP contribution in [0.1, 0.15) is 34.0 Å². The van der Waals surface area contributed by atoms with Crippen LogP contribution < -0.4 is 11.1 Å². The van der Waals surface area contributed by atoms with Crippen LogP contribution in [0.4, 0.5) is 0 Å². The molecule has 2 aromatic heterocycles. The summed E-state index contributed by atoms with van der Waals surface area (Å²) in [6.07, 6.45) is 0. The van der Waals surface area contributed by atoms with Gasteiger partial charge in [0.15, 0.2) is 0 Å². The number of rotatable bonds is 5. The number of aromatic nitrogens is 4. The van der Waals surface area contributed by atoms with Gasteiger partial charge in [-0.15, -0.1) is 0 Å². The predicted octanol–water partition coefficient (Wildman–Crippen LogP) is 6.61. The number of phenols is 1. The molecule has 3 N–H and O–H groups in total. The molecule has 0 radical (unpaired) electrons. The smallest absolute Gasteiger partial charge is 0.275 e. The zero-order chi connectivity index (χ0) is 28.1. The standard InChI is InChI=1S/C31H24Cl2N4O3/c1-17-26(30(39)36(34-17)23-13-7-5-11-21(23)32)29(28-20-10-4-3-9-19(20)15-16-25(28)38)27-18(2)35-37(31(27)40)24-14-8-6-12-22(24)33/h3-16,29,34-35,38H,1-2H3. The number of para-hydroxylation sites is 2. The van der Waals surface area contributed by atoms with Gasteiger partial charge < -0.3 is 5.11 Å². The molecule has 4 aromatic carbocycles. The van der Waals surface area contributed by atoms with Crippen molar-refractivity contribution in [3.05, 3.63) is 144 Å². The fraction of sp³-hybridized carbons (Fsp3) is 0.0968. The third-order valence-electron chi connectivity index (χ3n) is 7.23. The Bertz CT molecular complexity index is 1930. The van der Waals surface area contributed by atoms with E-state index in [-0.39, 0.29) is 16.9 Å². The monoisotopic (exact) mass is 570 g/mol. The third-order valence-corrected chi connectivity index (χ3v) is 7.87. The number of nitrogens with one attached hydrogen (secondary N) is 2. The number of nitrogens with zero attached hydrogens (tertiary/aromatic N) is 2. The van der Waals surface area contributed by atoms with E-state index in [1.165, 1.54) is 9.36 Å². The second-order valence-corrected chi connectivity index (χ2v) is 10.5. The summed E-state index contributed by atoms with van der Waals surface area (Å²) < 4.78 is 2.74. The molecule has 0 atom stereocenters. The van der Waals surface area contributed by atoms with Crippen molar-refractivity contribution in [3.63, 3.8) is 0 Å². The molecule has 0 saturated heterocycles. The lowest BCUT2D eigenvalue weighted by molar-refractivity contribution is 0.468. The van der Waals surface area contributed by atoms with Crippen molar-refractivity contribution in [2.24, 2.45) is 0 Å². The highest BCUT2D eigenvalue weighted by Crippen LogP contribution is 2.41. The molecule has 0 unspecified atom stereocenters. The van der Waals surface area contributed by atoms with Crippen molar-refractivity contribution >= 4 is 34.0 Å². The minimum absolute atomic E-state index is 0.0303. The number of fused-ring (bicyclic) bond motifs is 1. The molecule has 0 spiro atoms. The van der Waals surface area contributed by atoms with Crippen LogP contribution in [0, 0.1) is 13.8 Å². The first-order valence-corrected chi connectivity index (χ1v) is 13.4. The Hall–Kier alpha value is -4.46. The van der Waals surface area contributed by atoms with Gasteiger partial charge in [-0.2, -0.15) is 0 Å². The number of hydrogen-bond acceptors (Lipinski definition) is 3. The van der Waals surface area contributed by atoms with Crippen molar-refractivity contribution in [2.45, 2.75) is 19.8 Å². The zero-order valence-electron chi connectivity index (χ0n) is 21.6. The van der Waals surface area contributed by atoms with Crippen LogP contribution in [-0.4, -0.2) is 24.7 Å². The van der Waals surface area contributed by atoms with Crippen LogP contribution in [0.25, 0.3) is 22.1 Å². The number of hydrogen-bond donors (Lipinski definition) is 3. The summed E-state index contributed by atoms with van der Waals surface area (Å²) >= 11 is 12.9. The molecule has 200 valence electrons. The Kier molecular flexibility index (Phi) is 6.41. The molecule has 0 aliphatic carbocycles. The van der Waals surface area contributed by atoms with E-state index >= 15 is 0 Å². The molecular weight excluding hydrogens is 547 g/mol. The average Bonchev–Trinajstić information content (AvgIpc) is 3.40. The minimum Gasteiger partial charge on any atom is -0.508 e. The van der Waals surface area contributed by atoms with E-state index in [2.05, 4.69) is 10.2 Å². The molecule has 2 heterocycles. The Morgan fingerprint density at radius 1 is 0.650 bits per heavy atom. The van der Waals surface area contributed by atoms with Crippen LogP contribution in [-0.2, 0) is 0 Å². The molecule has 6 rings (SSSR count). The molecule has 7 nitrogen and oxygen atoms in total. The fourth-order valence-corrected chi connectivity index (χ4v) is 5.87. The Labute approximate surface area is 238 Å². The van der Waals surface area contributed by atoms with E-state index in [1.807, 2.05) is 30.3 Å². The first-order valence-electron chi connectivity index (χ1n) is 12.6. The summed E-state index contributed by atoms with van der Waals surface area (Å²) in [5.41, 5.74) is 2.34. The Morgan fingerprint density at radius 2 is 1.12 bits per heavy atom. The number of benzene rings is 4. The van der Waals surface area contributed by atoms with Crippen molar-refractivity contribution < 1.29 is 5.11 Å². The number of aromatic amines is 2. The lowest BCUT2D eigenvalue weighted by Gasteiger charge is -2.19. The second-order valence-electron chi connectivity index (χ2n) is 9.64. The first-order chi connectivity index (χ1) is 19.3. The van der Waals surface area contributed by atoms with Gasteiger partial charge in [-0.05, 0) is 55.0 Å². The molecule has 0 bridgehead atoms. The van der Waals surface area contributed by atoms with Gasteiger partial charge >= 0.3 is 0 Å². The molecule has 40 heavy (non-hydrogen) atoms. The predicted molar refractivity (Wildman–Crippen MR) is 159 cm³/mol. The number of aryl methyl sites for hydroxylation is 2. The molecule has 0 aliphatic heterocycles. The molecule has 0 amide bonds. The van der Waals surface area contributed by atoms with Crippen LogP contribution in [0.2, 0.25) is 10.0 Å². The number of aromatic hydroxyl groups is 1. The fourth-order valence-electron chi connectivity index (χ4n) is 5.42. The van der Waals surface area contributed by atoms with Crippen molar-refractivity contribution in [2.75, 3.05) is 0 Å². The van der Waals surface area contributed by atoms with Gasteiger partial charge in [0.25, 0.3) is 11.1 Å². The second kappa shape index (κ2) is 9.93. The lowest BCUT2D eigenvalue weighted by Crippen LogP contribution is -2.25. The highest BCUT2D eigenvalue weighted by atomic mass is 35.5. The quantitative estimate of drug-likeness (QED) is 0.217. The van der Waals surface area contributed by atoms with E-state index in [0.717, 1.165) is 10.8 Å². The molecule has 0 aliphatic rings.